The predicted octanol–water partition coefficient (Wildman–Crippen LogP) is 3.11. The highest BCUT2D eigenvalue weighted by Crippen LogP contribution is 2.38. The summed E-state index contributed by atoms with van der Waals surface area (Å²) in [5.41, 5.74) is 0.765. The van der Waals surface area contributed by atoms with Gasteiger partial charge in [0.2, 0.25) is 5.78 Å². The number of ether oxygens (including phenoxy) is 1. The zero-order chi connectivity index (χ0) is 18.0. The molecule has 1 amide bonds. The van der Waals surface area contributed by atoms with E-state index in [0.29, 0.717) is 6.61 Å². The first-order valence-electron chi connectivity index (χ1n) is 7.61. The quantitative estimate of drug-likeness (QED) is 0.537. The van der Waals surface area contributed by atoms with Crippen molar-refractivity contribution < 1.29 is 23.8 Å². The number of carbonyl (C=O) groups excluding carboxylic acids is 2. The van der Waals surface area contributed by atoms with Gasteiger partial charge in [0.05, 0.1) is 24.5 Å². The number of nitrogens with zero attached hydrogens (tertiary/aromatic N) is 1. The Bertz CT molecular complexity index is 811. The average Bonchev–Trinajstić information content (AvgIpc) is 3.22. The van der Waals surface area contributed by atoms with Crippen molar-refractivity contribution in [1.29, 1.82) is 0 Å². The molecule has 0 spiro atoms. The molecular weight excluding hydrogens is 437 g/mol. The number of benzene rings is 1. The van der Waals surface area contributed by atoms with Gasteiger partial charge in [0.15, 0.2) is 11.5 Å². The minimum absolute atomic E-state index is 0.0252. The van der Waals surface area contributed by atoms with Crippen LogP contribution in [0, 0.1) is 3.57 Å². The zero-order valence-corrected chi connectivity index (χ0v) is 15.6. The van der Waals surface area contributed by atoms with E-state index in [4.69, 9.17) is 9.15 Å². The molecule has 0 bridgehead atoms. The lowest BCUT2D eigenvalue weighted by molar-refractivity contribution is -0.130. The Morgan fingerprint density at radius 1 is 1.32 bits per heavy atom. The molecule has 1 aliphatic rings. The molecule has 1 aliphatic heterocycles. The topological polar surface area (TPSA) is 80.0 Å². The first kappa shape index (κ1) is 17.7. The third-order valence-electron chi connectivity index (χ3n) is 4.02. The standard InChI is InChI=1S/C18H16INO5/c1-24-10-8-20-15(11-4-6-12(19)7-5-11)14(17(22)18(20)23)16(21)13-3-2-9-25-13/h2-7,9,15,22H,8,10H2,1H3. The van der Waals surface area contributed by atoms with E-state index in [2.05, 4.69) is 22.6 Å². The molecule has 3 rings (SSSR count). The van der Waals surface area contributed by atoms with Crippen molar-refractivity contribution in [2.45, 2.75) is 6.04 Å². The van der Waals surface area contributed by atoms with Crippen LogP contribution in [0.2, 0.25) is 0 Å². The van der Waals surface area contributed by atoms with Gasteiger partial charge >= 0.3 is 0 Å². The van der Waals surface area contributed by atoms with Gasteiger partial charge in [-0.05, 0) is 52.4 Å². The van der Waals surface area contributed by atoms with Crippen molar-refractivity contribution in [3.8, 4) is 0 Å². The molecule has 0 saturated heterocycles. The normalized spacial score (nSPS) is 17.4. The van der Waals surface area contributed by atoms with Crippen LogP contribution >= 0.6 is 22.6 Å². The largest absolute Gasteiger partial charge is 0.503 e. The second kappa shape index (κ2) is 7.40. The summed E-state index contributed by atoms with van der Waals surface area (Å²) in [6, 6.07) is 9.87. The van der Waals surface area contributed by atoms with Crippen molar-refractivity contribution in [3.05, 3.63) is 68.9 Å². The van der Waals surface area contributed by atoms with Crippen LogP contribution in [0.25, 0.3) is 0 Å². The van der Waals surface area contributed by atoms with Gasteiger partial charge in [-0.2, -0.15) is 0 Å². The van der Waals surface area contributed by atoms with Gasteiger partial charge in [-0.1, -0.05) is 12.1 Å². The lowest BCUT2D eigenvalue weighted by atomic mass is 9.95. The van der Waals surface area contributed by atoms with Crippen molar-refractivity contribution >= 4 is 34.3 Å². The van der Waals surface area contributed by atoms with Crippen LogP contribution in [-0.4, -0.2) is 42.0 Å². The monoisotopic (exact) mass is 453 g/mol. The van der Waals surface area contributed by atoms with Crippen LogP contribution in [0.4, 0.5) is 0 Å². The molecule has 2 aromatic rings. The number of ketones is 1. The SMILES string of the molecule is COCCN1C(=O)C(O)=C(C(=O)c2ccco2)C1c1ccc(I)cc1. The smallest absolute Gasteiger partial charge is 0.290 e. The number of Topliss-reactive ketones (excluding diaryl/α,β-unsaturated/α-hetero) is 1. The number of hydrogen-bond acceptors (Lipinski definition) is 5. The summed E-state index contributed by atoms with van der Waals surface area (Å²) in [5, 5.41) is 10.4. The molecule has 2 heterocycles. The Morgan fingerprint density at radius 2 is 2.04 bits per heavy atom. The van der Waals surface area contributed by atoms with Crippen LogP contribution in [0.1, 0.15) is 22.2 Å². The summed E-state index contributed by atoms with van der Waals surface area (Å²) in [6.45, 7) is 0.549. The highest BCUT2D eigenvalue weighted by molar-refractivity contribution is 14.1. The molecule has 1 N–H and O–H groups in total. The summed E-state index contributed by atoms with van der Waals surface area (Å²) < 4.78 is 11.2. The predicted molar refractivity (Wildman–Crippen MR) is 98.2 cm³/mol. The van der Waals surface area contributed by atoms with Crippen molar-refractivity contribution in [2.24, 2.45) is 0 Å². The third kappa shape index (κ3) is 3.34. The highest BCUT2D eigenvalue weighted by atomic mass is 127. The summed E-state index contributed by atoms with van der Waals surface area (Å²) >= 11 is 2.18. The molecule has 0 aliphatic carbocycles. The number of hydrogen-bond donors (Lipinski definition) is 1. The number of halogens is 1. The molecule has 130 valence electrons. The molecule has 1 aromatic carbocycles. The average molecular weight is 453 g/mol. The van der Waals surface area contributed by atoms with E-state index in [1.54, 1.807) is 6.07 Å². The highest BCUT2D eigenvalue weighted by Gasteiger charge is 2.44. The van der Waals surface area contributed by atoms with E-state index in [9.17, 15) is 14.7 Å². The molecule has 25 heavy (non-hydrogen) atoms. The summed E-state index contributed by atoms with van der Waals surface area (Å²) in [7, 11) is 1.53. The van der Waals surface area contributed by atoms with Crippen LogP contribution in [-0.2, 0) is 9.53 Å². The fourth-order valence-corrected chi connectivity index (χ4v) is 3.20. The lowest BCUT2D eigenvalue weighted by Crippen LogP contribution is -2.34. The van der Waals surface area contributed by atoms with E-state index >= 15 is 0 Å². The molecule has 0 fully saturated rings. The first-order valence-corrected chi connectivity index (χ1v) is 8.69. The van der Waals surface area contributed by atoms with Crippen molar-refractivity contribution in [2.75, 3.05) is 20.3 Å². The minimum Gasteiger partial charge on any atom is -0.503 e. The van der Waals surface area contributed by atoms with Gasteiger partial charge in [0.1, 0.15) is 0 Å². The Kier molecular flexibility index (Phi) is 5.24. The summed E-state index contributed by atoms with van der Waals surface area (Å²) in [5.74, 6) is -1.55. The Labute approximate surface area is 158 Å². The number of amides is 1. The minimum atomic E-state index is -0.683. The van der Waals surface area contributed by atoms with Crippen LogP contribution in [0.3, 0.4) is 0 Å². The molecule has 1 atom stereocenters. The molecular formula is C18H16INO5. The Morgan fingerprint density at radius 3 is 2.64 bits per heavy atom. The van der Waals surface area contributed by atoms with Crippen LogP contribution in [0.5, 0.6) is 0 Å². The molecule has 6 nitrogen and oxygen atoms in total. The summed E-state index contributed by atoms with van der Waals surface area (Å²) in [6.07, 6.45) is 1.38. The maximum atomic E-state index is 12.8. The number of furan rings is 1. The first-order chi connectivity index (χ1) is 12.0. The summed E-state index contributed by atoms with van der Waals surface area (Å²) in [4.78, 5) is 26.8. The van der Waals surface area contributed by atoms with Gasteiger partial charge in [0.25, 0.3) is 5.91 Å². The zero-order valence-electron chi connectivity index (χ0n) is 13.4. The number of aliphatic hydroxyl groups excluding tert-OH is 1. The maximum Gasteiger partial charge on any atom is 0.290 e. The van der Waals surface area contributed by atoms with E-state index < -0.39 is 23.5 Å². The van der Waals surface area contributed by atoms with E-state index in [-0.39, 0.29) is 17.9 Å². The van der Waals surface area contributed by atoms with Gasteiger partial charge in [-0.15, -0.1) is 0 Å². The number of rotatable bonds is 6. The van der Waals surface area contributed by atoms with Gasteiger partial charge in [-0.3, -0.25) is 9.59 Å². The molecule has 0 saturated carbocycles. The third-order valence-corrected chi connectivity index (χ3v) is 4.73. The van der Waals surface area contributed by atoms with Crippen LogP contribution in [0.15, 0.2) is 58.4 Å². The Hall–Kier alpha value is -2.13. The van der Waals surface area contributed by atoms with Crippen LogP contribution < -0.4 is 0 Å². The molecule has 7 heteroatoms. The van der Waals surface area contributed by atoms with Gasteiger partial charge in [0, 0.05) is 17.2 Å². The molecule has 0 radical (unpaired) electrons. The van der Waals surface area contributed by atoms with Crippen molar-refractivity contribution in [1.82, 2.24) is 4.90 Å². The lowest BCUT2D eigenvalue weighted by Gasteiger charge is -2.26. The van der Waals surface area contributed by atoms with E-state index in [1.165, 1.54) is 24.3 Å². The number of aliphatic hydroxyl groups is 1. The van der Waals surface area contributed by atoms with Gasteiger partial charge in [-0.25, -0.2) is 0 Å². The molecule has 1 unspecified atom stereocenters. The second-order valence-electron chi connectivity index (χ2n) is 5.51. The van der Waals surface area contributed by atoms with E-state index in [1.807, 2.05) is 24.3 Å². The second-order valence-corrected chi connectivity index (χ2v) is 6.76. The fourth-order valence-electron chi connectivity index (χ4n) is 2.84. The number of carbonyl (C=O) groups is 2. The van der Waals surface area contributed by atoms with Crippen molar-refractivity contribution in [3.63, 3.8) is 0 Å². The van der Waals surface area contributed by atoms with Gasteiger partial charge < -0.3 is 19.2 Å². The maximum absolute atomic E-state index is 12.8. The fraction of sp³-hybridized carbons (Fsp3) is 0.222. The Balaban J connectivity index is 2.06. The van der Waals surface area contributed by atoms with E-state index in [0.717, 1.165) is 9.13 Å². The number of methoxy groups -OCH3 is 1. The molecule has 1 aromatic heterocycles.